The van der Waals surface area contributed by atoms with Crippen LogP contribution < -0.4 is 16.6 Å². The number of anilines is 1. The van der Waals surface area contributed by atoms with Crippen molar-refractivity contribution in [3.63, 3.8) is 0 Å². The molecule has 0 saturated heterocycles. The second-order valence-electron chi connectivity index (χ2n) is 6.83. The van der Waals surface area contributed by atoms with Gasteiger partial charge in [0.15, 0.2) is 0 Å². The first-order valence-corrected chi connectivity index (χ1v) is 10.7. The molecule has 1 N–H and O–H groups in total. The van der Waals surface area contributed by atoms with Gasteiger partial charge in [-0.05, 0) is 41.8 Å². The minimum atomic E-state index is -0.801. The number of halogens is 2. The Morgan fingerprint density at radius 2 is 1.91 bits per heavy atom. The third-order valence-corrected chi connectivity index (χ3v) is 6.01. The Morgan fingerprint density at radius 1 is 1.15 bits per heavy atom. The minimum absolute atomic E-state index is 0.0666. The predicted molar refractivity (Wildman–Crippen MR) is 123 cm³/mol. The molecule has 2 aromatic carbocycles. The molecular weight excluding hydrogens is 473 g/mol. The molecule has 2 heterocycles. The Labute approximate surface area is 194 Å². The molecule has 4 rings (SSSR count). The van der Waals surface area contributed by atoms with E-state index in [0.29, 0.717) is 0 Å². The van der Waals surface area contributed by atoms with Gasteiger partial charge in [0.1, 0.15) is 17.1 Å². The molecule has 0 aliphatic heterocycles. The van der Waals surface area contributed by atoms with Gasteiger partial charge in [-0.3, -0.25) is 14.2 Å². The quantitative estimate of drug-likeness (QED) is 0.435. The van der Waals surface area contributed by atoms with Crippen LogP contribution in [-0.4, -0.2) is 28.1 Å². The fraction of sp³-hybridized carbons (Fsp3) is 0.0909. The minimum Gasteiger partial charge on any atom is -0.465 e. The third-order valence-electron chi connectivity index (χ3n) is 4.82. The summed E-state index contributed by atoms with van der Waals surface area (Å²) >= 11 is 6.93. The molecule has 4 aromatic rings. The molecule has 0 aliphatic rings. The summed E-state index contributed by atoms with van der Waals surface area (Å²) in [4.78, 5) is 51.0. The summed E-state index contributed by atoms with van der Waals surface area (Å²) in [6.07, 6.45) is 0. The third kappa shape index (κ3) is 4.18. The molecule has 0 fully saturated rings. The van der Waals surface area contributed by atoms with Crippen LogP contribution in [-0.2, 0) is 16.1 Å². The lowest BCUT2D eigenvalue weighted by Gasteiger charge is -2.14. The summed E-state index contributed by atoms with van der Waals surface area (Å²) in [7, 11) is 1.22. The van der Waals surface area contributed by atoms with Gasteiger partial charge in [0.2, 0.25) is 5.91 Å². The molecule has 0 saturated carbocycles. The summed E-state index contributed by atoms with van der Waals surface area (Å²) in [5, 5.41) is 3.96. The van der Waals surface area contributed by atoms with Crippen molar-refractivity contribution in [1.82, 2.24) is 9.13 Å². The number of para-hydroxylation sites is 1. The molecule has 0 aliphatic carbocycles. The summed E-state index contributed by atoms with van der Waals surface area (Å²) in [6.45, 7) is -0.448. The fourth-order valence-electron chi connectivity index (χ4n) is 3.31. The topological polar surface area (TPSA) is 99.4 Å². The van der Waals surface area contributed by atoms with Crippen LogP contribution >= 0.6 is 22.9 Å². The molecule has 2 aromatic heterocycles. The van der Waals surface area contributed by atoms with Crippen molar-refractivity contribution in [3.05, 3.63) is 91.2 Å². The molecule has 168 valence electrons. The number of nitrogens with one attached hydrogen (secondary N) is 1. The van der Waals surface area contributed by atoms with E-state index >= 15 is 0 Å². The highest BCUT2D eigenvalue weighted by Gasteiger charge is 2.19. The van der Waals surface area contributed by atoms with Gasteiger partial charge in [0.05, 0.1) is 34.6 Å². The van der Waals surface area contributed by atoms with Gasteiger partial charge in [0, 0.05) is 0 Å². The van der Waals surface area contributed by atoms with Gasteiger partial charge in [0.25, 0.3) is 5.56 Å². The van der Waals surface area contributed by atoms with Crippen LogP contribution in [0.3, 0.4) is 0 Å². The van der Waals surface area contributed by atoms with Gasteiger partial charge >= 0.3 is 11.7 Å². The average Bonchev–Trinajstić information content (AvgIpc) is 3.29. The Morgan fingerprint density at radius 3 is 2.64 bits per heavy atom. The number of thiophene rings is 1. The van der Waals surface area contributed by atoms with Crippen molar-refractivity contribution >= 4 is 50.7 Å². The lowest BCUT2D eigenvalue weighted by Crippen LogP contribution is -2.40. The first-order valence-electron chi connectivity index (χ1n) is 9.47. The number of aromatic nitrogens is 2. The lowest BCUT2D eigenvalue weighted by molar-refractivity contribution is -0.116. The second-order valence-corrected chi connectivity index (χ2v) is 8.15. The average molecular weight is 488 g/mol. The smallest absolute Gasteiger partial charge is 0.339 e. The zero-order valence-electron chi connectivity index (χ0n) is 17.0. The molecule has 0 bridgehead atoms. The van der Waals surface area contributed by atoms with Crippen LogP contribution in [0.1, 0.15) is 10.4 Å². The van der Waals surface area contributed by atoms with E-state index in [1.165, 1.54) is 25.3 Å². The van der Waals surface area contributed by atoms with E-state index in [4.69, 9.17) is 16.3 Å². The largest absolute Gasteiger partial charge is 0.465 e. The van der Waals surface area contributed by atoms with E-state index in [1.54, 1.807) is 23.6 Å². The van der Waals surface area contributed by atoms with Gasteiger partial charge in [-0.1, -0.05) is 23.7 Å². The highest BCUT2D eigenvalue weighted by molar-refractivity contribution is 7.17. The molecule has 33 heavy (non-hydrogen) atoms. The van der Waals surface area contributed by atoms with E-state index in [2.05, 4.69) is 5.32 Å². The number of ether oxygens (including phenoxy) is 1. The van der Waals surface area contributed by atoms with Crippen LogP contribution in [0.15, 0.2) is 63.5 Å². The molecule has 11 heteroatoms. The maximum atomic E-state index is 13.6. The van der Waals surface area contributed by atoms with E-state index in [-0.39, 0.29) is 32.2 Å². The van der Waals surface area contributed by atoms with Crippen molar-refractivity contribution in [2.75, 3.05) is 12.4 Å². The van der Waals surface area contributed by atoms with E-state index in [0.717, 1.165) is 32.6 Å². The van der Waals surface area contributed by atoms with Crippen molar-refractivity contribution in [3.8, 4) is 5.69 Å². The Kier molecular flexibility index (Phi) is 6.12. The number of fused-ring (bicyclic) bond motifs is 1. The molecule has 0 spiro atoms. The highest BCUT2D eigenvalue weighted by atomic mass is 35.5. The number of nitrogens with zero attached hydrogens (tertiary/aromatic N) is 2. The van der Waals surface area contributed by atoms with Crippen LogP contribution in [0.2, 0.25) is 5.02 Å². The number of amides is 1. The monoisotopic (exact) mass is 487 g/mol. The summed E-state index contributed by atoms with van der Waals surface area (Å²) < 4.78 is 20.5. The maximum absolute atomic E-state index is 13.6. The molecule has 0 radical (unpaired) electrons. The summed E-state index contributed by atoms with van der Waals surface area (Å²) in [5.74, 6) is -1.94. The van der Waals surface area contributed by atoms with Crippen LogP contribution in [0, 0.1) is 5.82 Å². The zero-order chi connectivity index (χ0) is 23.7. The van der Waals surface area contributed by atoms with Crippen molar-refractivity contribution in [2.24, 2.45) is 0 Å². The molecule has 1 amide bonds. The van der Waals surface area contributed by atoms with Crippen LogP contribution in [0.5, 0.6) is 0 Å². The molecule has 8 nitrogen and oxygen atoms in total. The van der Waals surface area contributed by atoms with Gasteiger partial charge in [-0.2, -0.15) is 0 Å². The van der Waals surface area contributed by atoms with Gasteiger partial charge in [-0.25, -0.2) is 18.5 Å². The fourth-order valence-corrected chi connectivity index (χ4v) is 4.30. The number of methoxy groups -OCH3 is 1. The number of benzene rings is 2. The van der Waals surface area contributed by atoms with Crippen molar-refractivity contribution in [1.29, 1.82) is 0 Å². The van der Waals surface area contributed by atoms with Crippen LogP contribution in [0.4, 0.5) is 10.1 Å². The molecule has 0 atom stereocenters. The second kappa shape index (κ2) is 9.00. The van der Waals surface area contributed by atoms with E-state index < -0.39 is 35.5 Å². The zero-order valence-corrected chi connectivity index (χ0v) is 18.6. The maximum Gasteiger partial charge on any atom is 0.339 e. The number of carbonyl (C=O) groups is 2. The van der Waals surface area contributed by atoms with Crippen molar-refractivity contribution in [2.45, 2.75) is 6.54 Å². The molecular formula is C22H15ClFN3O5S. The van der Waals surface area contributed by atoms with Gasteiger partial charge < -0.3 is 10.1 Å². The standard InChI is InChI=1S/C22H15ClFN3O5S/c1-32-21(30)13-4-2-3-5-16(13)25-18(28)11-26-17-8-9-33-19(17)20(29)27(22(26)31)12-6-7-15(24)14(23)10-12/h2-10H,11H2,1H3,(H,25,28). The number of esters is 1. The number of carbonyl (C=O) groups excluding carboxylic acids is 2. The number of hydrogen-bond donors (Lipinski definition) is 1. The molecule has 0 unspecified atom stereocenters. The van der Waals surface area contributed by atoms with Crippen molar-refractivity contribution < 1.29 is 18.7 Å². The first-order chi connectivity index (χ1) is 15.8. The first kappa shape index (κ1) is 22.4. The Hall–Kier alpha value is -3.76. The van der Waals surface area contributed by atoms with Crippen LogP contribution in [0.25, 0.3) is 15.9 Å². The number of hydrogen-bond acceptors (Lipinski definition) is 6. The SMILES string of the molecule is COC(=O)c1ccccc1NC(=O)Cn1c(=O)n(-c2ccc(F)c(Cl)c2)c(=O)c2sccc21. The summed E-state index contributed by atoms with van der Waals surface area (Å²) in [5.41, 5.74) is -0.715. The summed E-state index contributed by atoms with van der Waals surface area (Å²) in [6, 6.07) is 11.3. The normalized spacial score (nSPS) is 10.9. The highest BCUT2D eigenvalue weighted by Crippen LogP contribution is 2.20. The van der Waals surface area contributed by atoms with E-state index in [1.807, 2.05) is 0 Å². The predicted octanol–water partition coefficient (Wildman–Crippen LogP) is 3.43. The number of rotatable bonds is 5. The van der Waals surface area contributed by atoms with E-state index in [9.17, 15) is 23.6 Å². The Balaban J connectivity index is 1.78. The Bertz CT molecular complexity index is 1520. The van der Waals surface area contributed by atoms with Gasteiger partial charge in [-0.15, -0.1) is 11.3 Å². The lowest BCUT2D eigenvalue weighted by atomic mass is 10.2.